The molecule has 0 aromatic carbocycles. The van der Waals surface area contributed by atoms with Crippen molar-refractivity contribution < 1.29 is 39.9 Å². The first-order chi connectivity index (χ1) is 6.02. The van der Waals surface area contributed by atoms with E-state index in [1.807, 2.05) is 0 Å². The largest absolute Gasteiger partial charge is 0.467 e. The molecule has 1 amide bonds. The predicted molar refractivity (Wildman–Crippen MR) is 47.9 cm³/mol. The first-order valence-electron chi connectivity index (χ1n) is 3.77. The van der Waals surface area contributed by atoms with Gasteiger partial charge in [-0.15, -0.1) is 0 Å². The van der Waals surface area contributed by atoms with Gasteiger partial charge < -0.3 is 20.9 Å². The van der Waals surface area contributed by atoms with Crippen LogP contribution in [0.1, 0.15) is 6.92 Å². The summed E-state index contributed by atoms with van der Waals surface area (Å²) in [7, 11) is 1.22. The van der Waals surface area contributed by atoms with Gasteiger partial charge in [-0.3, -0.25) is 4.79 Å². The second kappa shape index (κ2) is 10.1. The van der Waals surface area contributed by atoms with Crippen LogP contribution >= 0.6 is 0 Å². The number of ether oxygens (including phenoxy) is 1. The monoisotopic (exact) mass is 308 g/mol. The van der Waals surface area contributed by atoms with Crippen LogP contribution in [0.2, 0.25) is 0 Å². The summed E-state index contributed by atoms with van der Waals surface area (Å²) in [6.07, 6.45) is 0. The molecule has 2 atom stereocenters. The number of carbonyl (C=O) groups excluding carboxylic acids is 2. The van der Waals surface area contributed by atoms with Crippen molar-refractivity contribution in [3.05, 3.63) is 7.43 Å². The molecule has 0 saturated heterocycles. The summed E-state index contributed by atoms with van der Waals surface area (Å²) >= 11 is 0. The number of aliphatic hydroxyl groups is 1. The number of methoxy groups -OCH3 is 1. The summed E-state index contributed by atoms with van der Waals surface area (Å²) in [6.45, 7) is 1.01. The molecule has 0 aromatic rings. The Bertz CT molecular complexity index is 201. The molecule has 0 spiro atoms. The van der Waals surface area contributed by atoms with Gasteiger partial charge in [0.05, 0.1) is 13.7 Å². The predicted octanol–water partition coefficient (Wildman–Crippen LogP) is -1.94. The molecule has 0 unspecified atom stereocenters. The Kier molecular flexibility index (Phi) is 13.4. The van der Waals surface area contributed by atoms with Gasteiger partial charge in [0.25, 0.3) is 0 Å². The van der Waals surface area contributed by atoms with Gasteiger partial charge in [0.1, 0.15) is 12.1 Å². The maximum atomic E-state index is 11.0. The summed E-state index contributed by atoms with van der Waals surface area (Å²) in [6, 6.07) is -1.76. The van der Waals surface area contributed by atoms with E-state index in [1.54, 1.807) is 0 Å². The quantitative estimate of drug-likeness (QED) is 0.414. The molecule has 0 aliphatic carbocycles. The van der Waals surface area contributed by atoms with Gasteiger partial charge in [-0.1, -0.05) is 0 Å². The maximum Gasteiger partial charge on any atom is 0.328 e. The molecule has 0 heterocycles. The summed E-state index contributed by atoms with van der Waals surface area (Å²) in [5.41, 5.74) is 5.19. The van der Waals surface area contributed by atoms with Crippen LogP contribution in [0.25, 0.3) is 0 Å². The number of aliphatic hydroxyl groups excluding tert-OH is 1. The molecule has 0 rings (SSSR count). The Hall–Kier alpha value is -0.478. The normalized spacial score (nSPS) is 12.5. The molecule has 0 aliphatic rings. The Labute approximate surface area is 103 Å². The molecule has 90 valence electrons. The fraction of sp³-hybridized carbons (Fsp3) is 0.625. The summed E-state index contributed by atoms with van der Waals surface area (Å²) < 4.78 is 4.37. The summed E-state index contributed by atoms with van der Waals surface area (Å²) in [5.74, 6) is -1.14. The molecule has 6 nitrogen and oxygen atoms in total. The Morgan fingerprint density at radius 1 is 1.53 bits per heavy atom. The van der Waals surface area contributed by atoms with Crippen LogP contribution in [0.15, 0.2) is 0 Å². The minimum absolute atomic E-state index is 0. The third kappa shape index (κ3) is 7.45. The van der Waals surface area contributed by atoms with Crippen molar-refractivity contribution in [2.75, 3.05) is 13.7 Å². The Balaban J connectivity index is -0.000000720. The van der Waals surface area contributed by atoms with Crippen molar-refractivity contribution >= 4 is 11.9 Å². The van der Waals surface area contributed by atoms with Crippen molar-refractivity contribution in [3.63, 3.8) is 0 Å². The second-order valence-corrected chi connectivity index (χ2v) is 2.54. The van der Waals surface area contributed by atoms with Crippen LogP contribution in [0.5, 0.6) is 0 Å². The van der Waals surface area contributed by atoms with Crippen LogP contribution in [0.3, 0.4) is 0 Å². The standard InChI is InChI=1S/C7H14N2O4.C.Pd/c1-4(7(12)13-2)9-6(11)5(8)3-10;;/h4-5,10H,3,8H2,1-2H3,(H,9,11);;/t4-,5+;;/m1../s1. The number of hydrogen-bond donors (Lipinski definition) is 3. The number of esters is 1. The molecule has 4 radical (unpaired) electrons. The Morgan fingerprint density at radius 2 is 2.00 bits per heavy atom. The van der Waals surface area contributed by atoms with E-state index in [4.69, 9.17) is 10.8 Å². The molecular formula is C8H14N2O4Pd. The van der Waals surface area contributed by atoms with Crippen molar-refractivity contribution in [3.8, 4) is 0 Å². The second-order valence-electron chi connectivity index (χ2n) is 2.54. The van der Waals surface area contributed by atoms with E-state index in [0.29, 0.717) is 0 Å². The van der Waals surface area contributed by atoms with Crippen molar-refractivity contribution in [2.45, 2.75) is 19.0 Å². The number of amides is 1. The SMILES string of the molecule is COC(=O)[C@@H](C)NC(=O)[C@@H](N)CO.[C].[Pd]. The van der Waals surface area contributed by atoms with Crippen LogP contribution in [0.4, 0.5) is 0 Å². The molecule has 0 saturated carbocycles. The molecule has 0 bridgehead atoms. The van der Waals surface area contributed by atoms with Crippen molar-refractivity contribution in [1.82, 2.24) is 5.32 Å². The van der Waals surface area contributed by atoms with Crippen LogP contribution in [-0.2, 0) is 34.7 Å². The van der Waals surface area contributed by atoms with Gasteiger partial charge in [0.2, 0.25) is 5.91 Å². The molecule has 4 N–H and O–H groups in total. The number of hydrogen-bond acceptors (Lipinski definition) is 5. The average molecular weight is 309 g/mol. The topological polar surface area (TPSA) is 102 Å². The van der Waals surface area contributed by atoms with Gasteiger partial charge in [0.15, 0.2) is 0 Å². The van der Waals surface area contributed by atoms with E-state index >= 15 is 0 Å². The summed E-state index contributed by atoms with van der Waals surface area (Å²) in [5, 5.41) is 10.8. The van der Waals surface area contributed by atoms with E-state index in [9.17, 15) is 9.59 Å². The van der Waals surface area contributed by atoms with Gasteiger partial charge in [-0.05, 0) is 6.92 Å². The zero-order chi connectivity index (χ0) is 10.4. The van der Waals surface area contributed by atoms with Gasteiger partial charge in [-0.25, -0.2) is 4.79 Å². The molecule has 0 fully saturated rings. The molecule has 7 heteroatoms. The molecule has 15 heavy (non-hydrogen) atoms. The third-order valence-corrected chi connectivity index (χ3v) is 1.45. The molecule has 0 aliphatic heterocycles. The average Bonchev–Trinajstić information content (AvgIpc) is 2.14. The third-order valence-electron chi connectivity index (χ3n) is 1.45. The number of nitrogens with one attached hydrogen (secondary N) is 1. The van der Waals surface area contributed by atoms with Crippen LogP contribution < -0.4 is 11.1 Å². The fourth-order valence-electron chi connectivity index (χ4n) is 0.639. The van der Waals surface area contributed by atoms with E-state index in [0.717, 1.165) is 0 Å². The molecule has 0 aromatic heterocycles. The maximum absolute atomic E-state index is 11.0. The first-order valence-corrected chi connectivity index (χ1v) is 3.77. The van der Waals surface area contributed by atoms with Gasteiger partial charge in [-0.2, -0.15) is 0 Å². The molecular weight excluding hydrogens is 295 g/mol. The van der Waals surface area contributed by atoms with Crippen molar-refractivity contribution in [1.29, 1.82) is 0 Å². The smallest absolute Gasteiger partial charge is 0.328 e. The van der Waals surface area contributed by atoms with E-state index in [2.05, 4.69) is 10.1 Å². The van der Waals surface area contributed by atoms with E-state index < -0.39 is 30.6 Å². The fourth-order valence-corrected chi connectivity index (χ4v) is 0.639. The van der Waals surface area contributed by atoms with Crippen molar-refractivity contribution in [2.24, 2.45) is 5.73 Å². The minimum atomic E-state index is -1.01. The minimum Gasteiger partial charge on any atom is -0.467 e. The number of nitrogens with two attached hydrogens (primary N) is 1. The van der Waals surface area contributed by atoms with Crippen LogP contribution in [0, 0.1) is 7.43 Å². The van der Waals surface area contributed by atoms with Crippen LogP contribution in [-0.4, -0.2) is 42.8 Å². The van der Waals surface area contributed by atoms with E-state index in [-0.39, 0.29) is 27.8 Å². The number of carbonyl (C=O) groups is 2. The summed E-state index contributed by atoms with van der Waals surface area (Å²) in [4.78, 5) is 21.8. The number of rotatable bonds is 4. The zero-order valence-corrected chi connectivity index (χ0v) is 9.98. The van der Waals surface area contributed by atoms with Gasteiger partial charge in [0, 0.05) is 27.8 Å². The first kappa shape index (κ1) is 20.0. The Morgan fingerprint density at radius 3 is 2.33 bits per heavy atom. The zero-order valence-electron chi connectivity index (χ0n) is 8.43. The van der Waals surface area contributed by atoms with Gasteiger partial charge >= 0.3 is 5.97 Å². The van der Waals surface area contributed by atoms with E-state index in [1.165, 1.54) is 14.0 Å².